The van der Waals surface area contributed by atoms with Crippen molar-refractivity contribution in [3.8, 4) is 0 Å². The van der Waals surface area contributed by atoms with E-state index in [1.807, 2.05) is 19.1 Å². The van der Waals surface area contributed by atoms with Gasteiger partial charge in [0, 0.05) is 23.6 Å². The van der Waals surface area contributed by atoms with Crippen molar-refractivity contribution in [2.24, 2.45) is 0 Å². The number of nitrogens with zero attached hydrogens (tertiary/aromatic N) is 1. The van der Waals surface area contributed by atoms with Gasteiger partial charge in [0.25, 0.3) is 0 Å². The third kappa shape index (κ3) is 1.78. The molecule has 0 aliphatic rings. The molecule has 0 bridgehead atoms. The molecule has 3 heteroatoms. The lowest BCUT2D eigenvalue weighted by molar-refractivity contribution is 0.185. The van der Waals surface area contributed by atoms with Gasteiger partial charge in [-0.05, 0) is 18.6 Å². The van der Waals surface area contributed by atoms with Gasteiger partial charge in [0.05, 0.1) is 18.5 Å². The van der Waals surface area contributed by atoms with E-state index in [1.165, 1.54) is 0 Å². The van der Waals surface area contributed by atoms with Gasteiger partial charge in [-0.3, -0.25) is 4.98 Å². The predicted molar refractivity (Wildman–Crippen MR) is 61.6 cm³/mol. The smallest absolute Gasteiger partial charge is 0.0713 e. The summed E-state index contributed by atoms with van der Waals surface area (Å²) < 4.78 is 5.09. The number of aryl methyl sites for hydroxylation is 1. The zero-order valence-electron chi connectivity index (χ0n) is 8.95. The number of fused-ring (bicyclic) bond motifs is 1. The Kier molecular flexibility index (Phi) is 2.56. The zero-order valence-corrected chi connectivity index (χ0v) is 8.95. The van der Waals surface area contributed by atoms with Gasteiger partial charge in [-0.2, -0.15) is 0 Å². The predicted octanol–water partition coefficient (Wildman–Crippen LogP) is 2.27. The van der Waals surface area contributed by atoms with E-state index in [0.717, 1.165) is 22.0 Å². The second-order valence-electron chi connectivity index (χ2n) is 3.61. The fourth-order valence-electron chi connectivity index (χ4n) is 1.71. The van der Waals surface area contributed by atoms with Crippen molar-refractivity contribution in [1.29, 1.82) is 0 Å². The Labute approximate surface area is 88.9 Å². The summed E-state index contributed by atoms with van der Waals surface area (Å²) in [5, 5.41) is 2.16. The van der Waals surface area contributed by atoms with Crippen molar-refractivity contribution in [3.05, 3.63) is 35.7 Å². The van der Waals surface area contributed by atoms with E-state index >= 15 is 0 Å². The number of hydrogen-bond acceptors (Lipinski definition) is 3. The number of nitrogens with two attached hydrogens (primary N) is 1. The largest absolute Gasteiger partial charge is 0.397 e. The van der Waals surface area contributed by atoms with Crippen LogP contribution in [0.25, 0.3) is 10.8 Å². The molecule has 2 N–H and O–H groups in total. The molecule has 0 aliphatic heterocycles. The first-order valence-corrected chi connectivity index (χ1v) is 4.85. The third-order valence-electron chi connectivity index (χ3n) is 2.49. The summed E-state index contributed by atoms with van der Waals surface area (Å²) >= 11 is 0. The lowest BCUT2D eigenvalue weighted by Crippen LogP contribution is -1.94. The van der Waals surface area contributed by atoms with Crippen LogP contribution >= 0.6 is 0 Å². The lowest BCUT2D eigenvalue weighted by Gasteiger charge is -2.06. The number of hydrogen-bond donors (Lipinski definition) is 1. The van der Waals surface area contributed by atoms with Gasteiger partial charge in [0.15, 0.2) is 0 Å². The highest BCUT2D eigenvalue weighted by Crippen LogP contribution is 2.23. The van der Waals surface area contributed by atoms with Gasteiger partial charge >= 0.3 is 0 Å². The SMILES string of the molecule is COCc1ccc2c(C)ncc(N)c2c1. The molecule has 0 saturated carbocycles. The fourth-order valence-corrected chi connectivity index (χ4v) is 1.71. The van der Waals surface area contributed by atoms with E-state index in [9.17, 15) is 0 Å². The van der Waals surface area contributed by atoms with Crippen molar-refractivity contribution in [2.45, 2.75) is 13.5 Å². The summed E-state index contributed by atoms with van der Waals surface area (Å²) in [4.78, 5) is 4.23. The lowest BCUT2D eigenvalue weighted by atomic mass is 10.1. The van der Waals surface area contributed by atoms with E-state index in [-0.39, 0.29) is 0 Å². The quantitative estimate of drug-likeness (QED) is 0.812. The molecule has 0 saturated heterocycles. The molecular weight excluding hydrogens is 188 g/mol. The van der Waals surface area contributed by atoms with Gasteiger partial charge in [0.1, 0.15) is 0 Å². The molecule has 1 heterocycles. The van der Waals surface area contributed by atoms with Crippen LogP contribution in [-0.2, 0) is 11.3 Å². The molecule has 2 rings (SSSR count). The number of aromatic nitrogens is 1. The Morgan fingerprint density at radius 3 is 2.87 bits per heavy atom. The number of benzene rings is 1. The maximum absolute atomic E-state index is 5.89. The monoisotopic (exact) mass is 202 g/mol. The van der Waals surface area contributed by atoms with Crippen LogP contribution < -0.4 is 5.73 Å². The van der Waals surface area contributed by atoms with Crippen molar-refractivity contribution in [3.63, 3.8) is 0 Å². The molecule has 0 aliphatic carbocycles. The maximum Gasteiger partial charge on any atom is 0.0713 e. The van der Waals surface area contributed by atoms with Crippen LogP contribution in [0.2, 0.25) is 0 Å². The number of rotatable bonds is 2. The number of nitrogen functional groups attached to an aromatic ring is 1. The van der Waals surface area contributed by atoms with Crippen LogP contribution in [0.3, 0.4) is 0 Å². The summed E-state index contributed by atoms with van der Waals surface area (Å²) in [7, 11) is 1.69. The van der Waals surface area contributed by atoms with Crippen molar-refractivity contribution >= 4 is 16.5 Å². The van der Waals surface area contributed by atoms with Crippen LogP contribution in [0.15, 0.2) is 24.4 Å². The molecule has 0 amide bonds. The minimum absolute atomic E-state index is 0.608. The summed E-state index contributed by atoms with van der Waals surface area (Å²) in [6.45, 7) is 2.59. The summed E-state index contributed by atoms with van der Waals surface area (Å²) in [5.41, 5.74) is 8.73. The van der Waals surface area contributed by atoms with Crippen LogP contribution in [-0.4, -0.2) is 12.1 Å². The Morgan fingerprint density at radius 1 is 1.33 bits per heavy atom. The fraction of sp³-hybridized carbons (Fsp3) is 0.250. The van der Waals surface area contributed by atoms with Gasteiger partial charge in [0.2, 0.25) is 0 Å². The normalized spacial score (nSPS) is 10.8. The first-order valence-electron chi connectivity index (χ1n) is 4.85. The maximum atomic E-state index is 5.89. The van der Waals surface area contributed by atoms with Gasteiger partial charge in [-0.25, -0.2) is 0 Å². The topological polar surface area (TPSA) is 48.1 Å². The molecule has 78 valence electrons. The summed E-state index contributed by atoms with van der Waals surface area (Å²) in [5.74, 6) is 0. The van der Waals surface area contributed by atoms with Gasteiger partial charge < -0.3 is 10.5 Å². The van der Waals surface area contributed by atoms with Crippen molar-refractivity contribution in [1.82, 2.24) is 4.98 Å². The molecule has 15 heavy (non-hydrogen) atoms. The first-order chi connectivity index (χ1) is 7.22. The van der Waals surface area contributed by atoms with Crippen LogP contribution in [0, 0.1) is 6.92 Å². The van der Waals surface area contributed by atoms with Crippen LogP contribution in [0.4, 0.5) is 5.69 Å². The molecule has 0 radical (unpaired) electrons. The minimum atomic E-state index is 0.608. The van der Waals surface area contributed by atoms with Gasteiger partial charge in [-0.15, -0.1) is 0 Å². The van der Waals surface area contributed by atoms with E-state index in [0.29, 0.717) is 12.3 Å². The van der Waals surface area contributed by atoms with E-state index < -0.39 is 0 Å². The van der Waals surface area contributed by atoms with E-state index in [2.05, 4.69) is 11.1 Å². The standard InChI is InChI=1S/C12H14N2O/c1-8-10-4-3-9(7-15-2)5-11(10)12(13)6-14-8/h3-6H,7,13H2,1-2H3. The summed E-state index contributed by atoms with van der Waals surface area (Å²) in [6, 6.07) is 6.14. The number of ether oxygens (including phenoxy) is 1. The molecular formula is C12H14N2O. The Bertz CT molecular complexity index is 494. The number of pyridine rings is 1. The van der Waals surface area contributed by atoms with Crippen LogP contribution in [0.1, 0.15) is 11.3 Å². The number of methoxy groups -OCH3 is 1. The minimum Gasteiger partial charge on any atom is -0.397 e. The molecule has 0 unspecified atom stereocenters. The van der Waals surface area contributed by atoms with Crippen molar-refractivity contribution < 1.29 is 4.74 Å². The molecule has 0 fully saturated rings. The molecule has 0 spiro atoms. The zero-order chi connectivity index (χ0) is 10.8. The molecule has 1 aromatic carbocycles. The van der Waals surface area contributed by atoms with Gasteiger partial charge in [-0.1, -0.05) is 12.1 Å². The highest BCUT2D eigenvalue weighted by atomic mass is 16.5. The average Bonchev–Trinajstić information content (AvgIpc) is 2.24. The Balaban J connectivity index is 2.65. The average molecular weight is 202 g/mol. The van der Waals surface area contributed by atoms with Crippen LogP contribution in [0.5, 0.6) is 0 Å². The molecule has 0 atom stereocenters. The van der Waals surface area contributed by atoms with E-state index in [1.54, 1.807) is 13.3 Å². The molecule has 2 aromatic rings. The van der Waals surface area contributed by atoms with E-state index in [4.69, 9.17) is 10.5 Å². The highest BCUT2D eigenvalue weighted by molar-refractivity contribution is 5.94. The third-order valence-corrected chi connectivity index (χ3v) is 2.49. The Morgan fingerprint density at radius 2 is 2.13 bits per heavy atom. The second kappa shape index (κ2) is 3.87. The molecule has 1 aromatic heterocycles. The highest BCUT2D eigenvalue weighted by Gasteiger charge is 2.03. The number of anilines is 1. The first kappa shape index (κ1) is 9.93. The second-order valence-corrected chi connectivity index (χ2v) is 3.61. The molecule has 3 nitrogen and oxygen atoms in total. The Hall–Kier alpha value is -1.61. The van der Waals surface area contributed by atoms with Crippen molar-refractivity contribution in [2.75, 3.05) is 12.8 Å². The summed E-state index contributed by atoms with van der Waals surface area (Å²) in [6.07, 6.45) is 1.70.